The number of phosphoric acid groups is 2. The summed E-state index contributed by atoms with van der Waals surface area (Å²) in [6, 6.07) is 0. The van der Waals surface area contributed by atoms with Gasteiger partial charge in [-0.3, -0.25) is 37.3 Å². The van der Waals surface area contributed by atoms with Crippen LogP contribution in [0.15, 0.2) is 24.3 Å². The number of esters is 4. The summed E-state index contributed by atoms with van der Waals surface area (Å²) in [6.07, 6.45) is 69.1. The van der Waals surface area contributed by atoms with Crippen molar-refractivity contribution in [3.05, 3.63) is 24.3 Å². The molecule has 0 saturated heterocycles. The number of rotatable bonds is 82. The lowest BCUT2D eigenvalue weighted by Crippen LogP contribution is -2.30. The third kappa shape index (κ3) is 78.0. The first-order chi connectivity index (χ1) is 50.8. The standard InChI is InChI=1S/C86H164O17P2/c1-8-10-11-12-13-14-15-16-23-31-36-41-46-55-62-70-86(91)103-82(74-97-84(89)68-61-54-49-48-51-58-65-78(5)6)76-101-105(94,95)99-72-80(87)71-98-104(92,93)100-75-81(73-96-83(88)67-60-53-45-40-35-30-26-22-21-24-28-33-38-43-50-57-64-77(3)4)102-85(90)69-63-56-47-42-37-32-27-20-18-17-19-25-29-34-39-44-52-59-66-79(7)9-2/h14-16,23,77-82,87H,8-13,17-22,24-76H2,1-7H3,(H,92,93)(H,94,95)/b15-14-,23-16-/t79?,80-,81-,82-/m1/s1. The number of unbranched alkanes of at least 4 members (excludes halogenated alkanes) is 46. The van der Waals surface area contributed by atoms with E-state index in [4.69, 9.17) is 37.0 Å². The fourth-order valence-electron chi connectivity index (χ4n) is 12.8. The molecule has 0 aromatic heterocycles. The second-order valence-corrected chi connectivity index (χ2v) is 34.3. The number of hydrogen-bond donors (Lipinski definition) is 3. The van der Waals surface area contributed by atoms with Gasteiger partial charge in [-0.15, -0.1) is 0 Å². The highest BCUT2D eigenvalue weighted by Crippen LogP contribution is 2.45. The van der Waals surface area contributed by atoms with E-state index in [0.29, 0.717) is 31.6 Å². The zero-order valence-electron chi connectivity index (χ0n) is 68.7. The minimum Gasteiger partial charge on any atom is -0.462 e. The Hall–Kier alpha value is -2.46. The smallest absolute Gasteiger partial charge is 0.462 e. The Kier molecular flexibility index (Phi) is 73.8. The zero-order valence-corrected chi connectivity index (χ0v) is 70.5. The lowest BCUT2D eigenvalue weighted by molar-refractivity contribution is -0.161. The Morgan fingerprint density at radius 1 is 0.314 bits per heavy atom. The van der Waals surface area contributed by atoms with Crippen LogP contribution in [0.25, 0.3) is 0 Å². The van der Waals surface area contributed by atoms with E-state index < -0.39 is 97.5 Å². The maximum atomic E-state index is 13.1. The van der Waals surface area contributed by atoms with Crippen LogP contribution in [0.4, 0.5) is 0 Å². The first-order valence-corrected chi connectivity index (χ1v) is 46.7. The van der Waals surface area contributed by atoms with E-state index in [1.165, 1.54) is 218 Å². The largest absolute Gasteiger partial charge is 0.472 e. The van der Waals surface area contributed by atoms with Crippen molar-refractivity contribution in [3.63, 3.8) is 0 Å². The van der Waals surface area contributed by atoms with Crippen molar-refractivity contribution in [1.29, 1.82) is 0 Å². The van der Waals surface area contributed by atoms with E-state index in [2.05, 4.69) is 72.8 Å². The van der Waals surface area contributed by atoms with Gasteiger partial charge in [0.05, 0.1) is 26.4 Å². The summed E-state index contributed by atoms with van der Waals surface area (Å²) in [6.45, 7) is 11.9. The van der Waals surface area contributed by atoms with E-state index in [9.17, 15) is 43.2 Å². The molecule has 3 unspecified atom stereocenters. The lowest BCUT2D eigenvalue weighted by Gasteiger charge is -2.21. The molecule has 6 atom stereocenters. The van der Waals surface area contributed by atoms with Crippen LogP contribution in [0.2, 0.25) is 0 Å². The molecule has 0 heterocycles. The van der Waals surface area contributed by atoms with Crippen LogP contribution in [-0.2, 0) is 65.4 Å². The van der Waals surface area contributed by atoms with Gasteiger partial charge in [0.15, 0.2) is 12.2 Å². The second-order valence-electron chi connectivity index (χ2n) is 31.4. The Labute approximate surface area is 643 Å². The molecule has 0 aliphatic heterocycles. The van der Waals surface area contributed by atoms with Gasteiger partial charge in [-0.1, -0.05) is 375 Å². The molecule has 0 bridgehead atoms. The summed E-state index contributed by atoms with van der Waals surface area (Å²) in [5.41, 5.74) is 0. The van der Waals surface area contributed by atoms with Crippen molar-refractivity contribution in [1.82, 2.24) is 0 Å². The summed E-state index contributed by atoms with van der Waals surface area (Å²) >= 11 is 0. The molecule has 0 aliphatic carbocycles. The fraction of sp³-hybridized carbons (Fsp3) is 0.907. The number of ether oxygens (including phenoxy) is 4. The minimum atomic E-state index is -4.97. The number of carbonyl (C=O) groups is 4. The molecule has 0 radical (unpaired) electrons. The number of phosphoric ester groups is 2. The number of allylic oxidation sites excluding steroid dienone is 4. The van der Waals surface area contributed by atoms with Gasteiger partial charge in [-0.05, 0) is 69.1 Å². The van der Waals surface area contributed by atoms with E-state index in [1.54, 1.807) is 0 Å². The van der Waals surface area contributed by atoms with Crippen molar-refractivity contribution in [2.24, 2.45) is 17.8 Å². The van der Waals surface area contributed by atoms with Gasteiger partial charge in [-0.25, -0.2) is 9.13 Å². The average Bonchev–Trinajstić information content (AvgIpc) is 0.922. The van der Waals surface area contributed by atoms with Gasteiger partial charge in [0, 0.05) is 25.7 Å². The van der Waals surface area contributed by atoms with E-state index in [-0.39, 0.29) is 25.7 Å². The highest BCUT2D eigenvalue weighted by Gasteiger charge is 2.30. The van der Waals surface area contributed by atoms with Crippen molar-refractivity contribution in [2.45, 2.75) is 446 Å². The Bertz CT molecular complexity index is 2120. The van der Waals surface area contributed by atoms with Crippen molar-refractivity contribution in [2.75, 3.05) is 39.6 Å². The van der Waals surface area contributed by atoms with Crippen molar-refractivity contribution < 1.29 is 80.2 Å². The highest BCUT2D eigenvalue weighted by atomic mass is 31.2. The summed E-state index contributed by atoms with van der Waals surface area (Å²) in [5.74, 6) is 0.219. The summed E-state index contributed by atoms with van der Waals surface area (Å²) < 4.78 is 68.8. The average molecular weight is 1530 g/mol. The first kappa shape index (κ1) is 103. The van der Waals surface area contributed by atoms with Crippen LogP contribution in [0.1, 0.15) is 427 Å². The summed E-state index contributed by atoms with van der Waals surface area (Å²) in [7, 11) is -9.94. The molecule has 0 amide bonds. The summed E-state index contributed by atoms with van der Waals surface area (Å²) in [5, 5.41) is 10.7. The normalized spacial score (nSPS) is 14.3. The van der Waals surface area contributed by atoms with Gasteiger partial charge in [0.1, 0.15) is 19.3 Å². The lowest BCUT2D eigenvalue weighted by atomic mass is 9.99. The highest BCUT2D eigenvalue weighted by molar-refractivity contribution is 7.47. The number of aliphatic hydroxyl groups excluding tert-OH is 1. The maximum absolute atomic E-state index is 13.1. The SMILES string of the molecule is CCCCCC/C=C\C=C/CCCCCCCC(=O)O[C@H](COC(=O)CCCCCCCCC(C)C)COP(=O)(O)OC[C@H](O)COP(=O)(O)OC[C@@H](COC(=O)CCCCCCCCCCCCCCCCCCC(C)C)OC(=O)CCCCCCCCCCCCCCCCCCCCC(C)CC. The molecule has 0 fully saturated rings. The molecule has 0 aliphatic rings. The monoisotopic (exact) mass is 1530 g/mol. The van der Waals surface area contributed by atoms with Crippen LogP contribution in [-0.4, -0.2) is 96.7 Å². The van der Waals surface area contributed by atoms with Gasteiger partial charge in [0.2, 0.25) is 0 Å². The Morgan fingerprint density at radius 2 is 0.562 bits per heavy atom. The van der Waals surface area contributed by atoms with Crippen LogP contribution in [0, 0.1) is 17.8 Å². The van der Waals surface area contributed by atoms with Crippen molar-refractivity contribution in [3.8, 4) is 0 Å². The molecular weight excluding hydrogens is 1370 g/mol. The minimum absolute atomic E-state index is 0.0840. The van der Waals surface area contributed by atoms with Gasteiger partial charge in [-0.2, -0.15) is 0 Å². The number of aliphatic hydroxyl groups is 1. The third-order valence-electron chi connectivity index (χ3n) is 19.9. The quantitative estimate of drug-likeness (QED) is 0.0169. The molecule has 19 heteroatoms. The number of carbonyl (C=O) groups excluding carboxylic acids is 4. The molecule has 3 N–H and O–H groups in total. The van der Waals surface area contributed by atoms with Crippen LogP contribution < -0.4 is 0 Å². The Morgan fingerprint density at radius 3 is 0.848 bits per heavy atom. The maximum Gasteiger partial charge on any atom is 0.472 e. The Balaban J connectivity index is 5.24. The molecule has 620 valence electrons. The molecular formula is C86H164O17P2. The fourth-order valence-corrected chi connectivity index (χ4v) is 14.4. The number of hydrogen-bond acceptors (Lipinski definition) is 15. The van der Waals surface area contributed by atoms with Crippen LogP contribution in [0.5, 0.6) is 0 Å². The van der Waals surface area contributed by atoms with E-state index >= 15 is 0 Å². The molecule has 17 nitrogen and oxygen atoms in total. The van der Waals surface area contributed by atoms with E-state index in [0.717, 1.165) is 121 Å². The second kappa shape index (κ2) is 75.6. The van der Waals surface area contributed by atoms with Crippen LogP contribution in [0.3, 0.4) is 0 Å². The molecule has 0 aromatic carbocycles. The zero-order chi connectivity index (χ0) is 77.2. The molecule has 0 saturated carbocycles. The predicted molar refractivity (Wildman–Crippen MR) is 432 cm³/mol. The molecule has 0 spiro atoms. The predicted octanol–water partition coefficient (Wildman–Crippen LogP) is 25.6. The van der Waals surface area contributed by atoms with Crippen LogP contribution >= 0.6 is 15.6 Å². The third-order valence-corrected chi connectivity index (χ3v) is 21.8. The van der Waals surface area contributed by atoms with E-state index in [1.807, 2.05) is 0 Å². The van der Waals surface area contributed by atoms with Gasteiger partial charge in [0.25, 0.3) is 0 Å². The van der Waals surface area contributed by atoms with Gasteiger partial charge < -0.3 is 33.8 Å². The van der Waals surface area contributed by atoms with Crippen molar-refractivity contribution >= 4 is 39.5 Å². The molecule has 0 rings (SSSR count). The molecule has 105 heavy (non-hydrogen) atoms. The van der Waals surface area contributed by atoms with Gasteiger partial charge >= 0.3 is 39.5 Å². The first-order valence-electron chi connectivity index (χ1n) is 43.7. The molecule has 0 aromatic rings. The topological polar surface area (TPSA) is 237 Å². The summed E-state index contributed by atoms with van der Waals surface area (Å²) in [4.78, 5) is 73.1.